The van der Waals surface area contributed by atoms with Crippen molar-refractivity contribution in [2.75, 3.05) is 18.4 Å². The first-order chi connectivity index (χ1) is 9.34. The second kappa shape index (κ2) is 5.96. The van der Waals surface area contributed by atoms with Crippen LogP contribution >= 0.6 is 0 Å². The maximum absolute atomic E-state index is 3.58. The van der Waals surface area contributed by atoms with E-state index < -0.39 is 0 Å². The molecule has 0 spiro atoms. The summed E-state index contributed by atoms with van der Waals surface area (Å²) in [5.74, 6) is 0.993. The highest BCUT2D eigenvalue weighted by Gasteiger charge is 2.37. The average molecular weight is 258 g/mol. The van der Waals surface area contributed by atoms with E-state index >= 15 is 0 Å². The fraction of sp³-hybridized carbons (Fsp3) is 0.647. The lowest BCUT2D eigenvalue weighted by Crippen LogP contribution is -2.43. The summed E-state index contributed by atoms with van der Waals surface area (Å²) in [6.45, 7) is 4.76. The zero-order valence-electron chi connectivity index (χ0n) is 12.0. The van der Waals surface area contributed by atoms with Crippen molar-refractivity contribution in [2.24, 2.45) is 5.92 Å². The van der Waals surface area contributed by atoms with Gasteiger partial charge in [-0.2, -0.15) is 0 Å². The van der Waals surface area contributed by atoms with Crippen LogP contribution in [0.15, 0.2) is 30.3 Å². The summed E-state index contributed by atoms with van der Waals surface area (Å²) < 4.78 is 0. The Bertz CT molecular complexity index is 390. The molecule has 3 rings (SSSR count). The minimum Gasteiger partial charge on any atom is -0.383 e. The van der Waals surface area contributed by atoms with Gasteiger partial charge in [-0.15, -0.1) is 0 Å². The molecule has 1 saturated heterocycles. The first-order valence-electron chi connectivity index (χ1n) is 7.89. The predicted molar refractivity (Wildman–Crippen MR) is 81.5 cm³/mol. The average Bonchev–Trinajstić information content (AvgIpc) is 2.90. The molecule has 104 valence electrons. The van der Waals surface area contributed by atoms with Crippen LogP contribution in [0.5, 0.6) is 0 Å². The number of hydrogen-bond donors (Lipinski definition) is 1. The molecule has 0 aromatic heterocycles. The Morgan fingerprint density at radius 1 is 1.16 bits per heavy atom. The molecule has 2 aliphatic rings. The van der Waals surface area contributed by atoms with Crippen molar-refractivity contribution in [2.45, 2.75) is 51.1 Å². The highest BCUT2D eigenvalue weighted by Crippen LogP contribution is 2.37. The van der Waals surface area contributed by atoms with E-state index in [2.05, 4.69) is 47.5 Å². The maximum Gasteiger partial charge on any atom is 0.0340 e. The molecular weight excluding hydrogens is 232 g/mol. The Morgan fingerprint density at radius 3 is 2.79 bits per heavy atom. The Morgan fingerprint density at radius 2 is 1.95 bits per heavy atom. The summed E-state index contributed by atoms with van der Waals surface area (Å²) in [6.07, 6.45) is 7.24. The fourth-order valence-corrected chi connectivity index (χ4v) is 3.93. The summed E-state index contributed by atoms with van der Waals surface area (Å²) in [5.41, 5.74) is 1.24. The van der Waals surface area contributed by atoms with Crippen LogP contribution in [0.2, 0.25) is 0 Å². The van der Waals surface area contributed by atoms with Crippen LogP contribution < -0.4 is 5.32 Å². The van der Waals surface area contributed by atoms with Crippen molar-refractivity contribution in [3.63, 3.8) is 0 Å². The zero-order valence-corrected chi connectivity index (χ0v) is 12.0. The predicted octanol–water partition coefficient (Wildman–Crippen LogP) is 3.75. The summed E-state index contributed by atoms with van der Waals surface area (Å²) in [4.78, 5) is 2.76. The lowest BCUT2D eigenvalue weighted by molar-refractivity contribution is 0.146. The van der Waals surface area contributed by atoms with Crippen LogP contribution in [-0.2, 0) is 0 Å². The van der Waals surface area contributed by atoms with E-state index in [1.807, 2.05) is 0 Å². The molecule has 0 radical (unpaired) electrons. The summed E-state index contributed by atoms with van der Waals surface area (Å²) in [7, 11) is 0. The minimum atomic E-state index is 0.647. The Hall–Kier alpha value is -1.02. The van der Waals surface area contributed by atoms with Gasteiger partial charge in [-0.25, -0.2) is 0 Å². The van der Waals surface area contributed by atoms with E-state index in [0.717, 1.165) is 18.5 Å². The second-order valence-corrected chi connectivity index (χ2v) is 6.23. The van der Waals surface area contributed by atoms with Crippen LogP contribution in [0.3, 0.4) is 0 Å². The van der Waals surface area contributed by atoms with E-state index in [1.54, 1.807) is 0 Å². The van der Waals surface area contributed by atoms with Crippen molar-refractivity contribution >= 4 is 5.69 Å². The number of para-hydroxylation sites is 1. The first-order valence-corrected chi connectivity index (χ1v) is 7.89. The molecule has 1 saturated carbocycles. The first kappa shape index (κ1) is 13.0. The summed E-state index contributed by atoms with van der Waals surface area (Å²) in [5, 5.41) is 3.58. The third-order valence-electron chi connectivity index (χ3n) is 4.99. The smallest absolute Gasteiger partial charge is 0.0340 e. The standard InChI is InChI=1S/C17H26N2/c1-14(13-18-16-8-3-2-4-9-16)19-12-11-15-7-5-6-10-17(15)19/h2-4,8-9,14-15,17-18H,5-7,10-13H2,1H3. The number of nitrogens with one attached hydrogen (secondary N) is 1. The number of likely N-dealkylation sites (tertiary alicyclic amines) is 1. The van der Waals surface area contributed by atoms with Gasteiger partial charge in [-0.3, -0.25) is 4.90 Å². The van der Waals surface area contributed by atoms with E-state index in [4.69, 9.17) is 0 Å². The molecular formula is C17H26N2. The normalized spacial score (nSPS) is 28.9. The van der Waals surface area contributed by atoms with Crippen LogP contribution in [0.4, 0.5) is 5.69 Å². The lowest BCUT2D eigenvalue weighted by Gasteiger charge is -2.35. The molecule has 1 N–H and O–H groups in total. The summed E-state index contributed by atoms with van der Waals surface area (Å²) >= 11 is 0. The molecule has 1 aliphatic heterocycles. The zero-order chi connectivity index (χ0) is 13.1. The number of hydrogen-bond acceptors (Lipinski definition) is 2. The molecule has 3 atom stereocenters. The van der Waals surface area contributed by atoms with Gasteiger partial charge in [0.15, 0.2) is 0 Å². The second-order valence-electron chi connectivity index (χ2n) is 6.23. The van der Waals surface area contributed by atoms with Crippen molar-refractivity contribution in [1.29, 1.82) is 0 Å². The fourth-order valence-electron chi connectivity index (χ4n) is 3.93. The van der Waals surface area contributed by atoms with E-state index in [9.17, 15) is 0 Å². The molecule has 1 aliphatic carbocycles. The van der Waals surface area contributed by atoms with Crippen molar-refractivity contribution in [3.8, 4) is 0 Å². The molecule has 19 heavy (non-hydrogen) atoms. The largest absolute Gasteiger partial charge is 0.383 e. The Kier molecular flexibility index (Phi) is 4.07. The van der Waals surface area contributed by atoms with Crippen LogP contribution in [0, 0.1) is 5.92 Å². The monoisotopic (exact) mass is 258 g/mol. The molecule has 1 heterocycles. The third-order valence-corrected chi connectivity index (χ3v) is 4.99. The van der Waals surface area contributed by atoms with Crippen LogP contribution in [-0.4, -0.2) is 30.1 Å². The topological polar surface area (TPSA) is 15.3 Å². The van der Waals surface area contributed by atoms with E-state index in [1.165, 1.54) is 44.3 Å². The number of fused-ring (bicyclic) bond motifs is 1. The molecule has 1 aromatic rings. The molecule has 2 fully saturated rings. The van der Waals surface area contributed by atoms with Crippen molar-refractivity contribution < 1.29 is 0 Å². The number of rotatable bonds is 4. The molecule has 2 heteroatoms. The quantitative estimate of drug-likeness (QED) is 0.885. The van der Waals surface area contributed by atoms with Crippen molar-refractivity contribution in [3.05, 3.63) is 30.3 Å². The highest BCUT2D eigenvalue weighted by molar-refractivity contribution is 5.42. The molecule has 1 aromatic carbocycles. The number of anilines is 1. The van der Waals surface area contributed by atoms with Gasteiger partial charge in [-0.05, 0) is 50.8 Å². The van der Waals surface area contributed by atoms with Gasteiger partial charge in [-0.1, -0.05) is 31.0 Å². The maximum atomic E-state index is 3.58. The van der Waals surface area contributed by atoms with E-state index in [-0.39, 0.29) is 0 Å². The van der Waals surface area contributed by atoms with Gasteiger partial charge < -0.3 is 5.32 Å². The van der Waals surface area contributed by atoms with Gasteiger partial charge in [0, 0.05) is 24.3 Å². The lowest BCUT2D eigenvalue weighted by atomic mass is 9.85. The van der Waals surface area contributed by atoms with Crippen LogP contribution in [0.25, 0.3) is 0 Å². The van der Waals surface area contributed by atoms with Crippen molar-refractivity contribution in [1.82, 2.24) is 4.90 Å². The molecule has 0 amide bonds. The summed E-state index contributed by atoms with van der Waals surface area (Å²) in [6, 6.07) is 12.1. The minimum absolute atomic E-state index is 0.647. The Labute approximate surface area is 117 Å². The molecule has 2 nitrogen and oxygen atoms in total. The SMILES string of the molecule is CC(CNc1ccccc1)N1CCC2CCCCC21. The number of benzene rings is 1. The Balaban J connectivity index is 1.54. The van der Waals surface area contributed by atoms with E-state index in [0.29, 0.717) is 6.04 Å². The highest BCUT2D eigenvalue weighted by atomic mass is 15.2. The molecule has 3 unspecified atom stereocenters. The molecule has 0 bridgehead atoms. The van der Waals surface area contributed by atoms with Gasteiger partial charge >= 0.3 is 0 Å². The third kappa shape index (κ3) is 2.94. The van der Waals surface area contributed by atoms with Gasteiger partial charge in [0.05, 0.1) is 0 Å². The van der Waals surface area contributed by atoms with Crippen LogP contribution in [0.1, 0.15) is 39.0 Å². The van der Waals surface area contributed by atoms with Gasteiger partial charge in [0.1, 0.15) is 0 Å². The van der Waals surface area contributed by atoms with Gasteiger partial charge in [0.25, 0.3) is 0 Å². The number of nitrogens with zero attached hydrogens (tertiary/aromatic N) is 1. The van der Waals surface area contributed by atoms with Gasteiger partial charge in [0.2, 0.25) is 0 Å².